The van der Waals surface area contributed by atoms with Gasteiger partial charge in [0.1, 0.15) is 0 Å². The largest absolute Gasteiger partial charge is 0.309 e. The first-order chi connectivity index (χ1) is 24.3. The van der Waals surface area contributed by atoms with Crippen LogP contribution in [0, 0.1) is 0 Å². The summed E-state index contributed by atoms with van der Waals surface area (Å²) in [5.41, 5.74) is 8.67. The Bertz CT molecular complexity index is 2730. The number of hydrogen-bond acceptors (Lipinski definition) is 2. The summed E-state index contributed by atoms with van der Waals surface area (Å²) in [7, 11) is 0. The van der Waals surface area contributed by atoms with E-state index in [9.17, 15) is 0 Å². The average molecular weight is 626 g/mol. The van der Waals surface area contributed by atoms with Gasteiger partial charge < -0.3 is 4.57 Å². The van der Waals surface area contributed by atoms with Crippen molar-refractivity contribution < 1.29 is 0 Å². The zero-order valence-corrected chi connectivity index (χ0v) is 26.8. The number of hydrogen-bond donors (Lipinski definition) is 0. The van der Waals surface area contributed by atoms with Gasteiger partial charge in [-0.2, -0.15) is 0 Å². The van der Waals surface area contributed by atoms with Crippen LogP contribution in [-0.4, -0.2) is 14.5 Å². The molecule has 1 aliphatic rings. The van der Waals surface area contributed by atoms with Crippen molar-refractivity contribution in [2.45, 2.75) is 12.8 Å². The highest BCUT2D eigenvalue weighted by molar-refractivity contribution is 6.28. The van der Waals surface area contributed by atoms with Gasteiger partial charge in [-0.3, -0.25) is 0 Å². The lowest BCUT2D eigenvalue weighted by Crippen LogP contribution is -2.01. The van der Waals surface area contributed by atoms with E-state index < -0.39 is 0 Å². The summed E-state index contributed by atoms with van der Waals surface area (Å²) in [5.74, 6) is 0.734. The van der Waals surface area contributed by atoms with Crippen molar-refractivity contribution in [3.8, 4) is 28.3 Å². The first-order valence-electron chi connectivity index (χ1n) is 17.0. The van der Waals surface area contributed by atoms with E-state index in [-0.39, 0.29) is 0 Å². The molecule has 10 rings (SSSR count). The molecule has 0 saturated carbocycles. The number of nitrogens with zero attached hydrogens (tertiary/aromatic N) is 3. The summed E-state index contributed by atoms with van der Waals surface area (Å²) in [4.78, 5) is 10.4. The quantitative estimate of drug-likeness (QED) is 0.195. The number of rotatable bonds is 4. The topological polar surface area (TPSA) is 30.7 Å². The van der Waals surface area contributed by atoms with Crippen molar-refractivity contribution in [2.75, 3.05) is 0 Å². The second-order valence-corrected chi connectivity index (χ2v) is 12.8. The SMILES string of the molecule is C1=CC(c2cc(-c3ccccc3)nc(-c3ccc(-n4c5ccc6ccccc6c5c5c6ccccc6ccc54)c4ccccc34)n2)=CCC1. The molecule has 0 aliphatic heterocycles. The zero-order valence-electron chi connectivity index (χ0n) is 26.8. The summed E-state index contributed by atoms with van der Waals surface area (Å²) in [5, 5.41) is 9.89. The van der Waals surface area contributed by atoms with E-state index in [0.29, 0.717) is 0 Å². The maximum Gasteiger partial charge on any atom is 0.161 e. The van der Waals surface area contributed by atoms with Gasteiger partial charge >= 0.3 is 0 Å². The van der Waals surface area contributed by atoms with Gasteiger partial charge in [0.15, 0.2) is 5.82 Å². The molecule has 7 aromatic carbocycles. The van der Waals surface area contributed by atoms with Crippen LogP contribution in [0.15, 0.2) is 164 Å². The molecule has 2 aromatic heterocycles. The lowest BCUT2D eigenvalue weighted by Gasteiger charge is -2.16. The van der Waals surface area contributed by atoms with Gasteiger partial charge in [-0.1, -0.05) is 133 Å². The van der Waals surface area contributed by atoms with Crippen LogP contribution in [0.1, 0.15) is 18.5 Å². The molecule has 0 saturated heterocycles. The Morgan fingerprint density at radius 1 is 0.490 bits per heavy atom. The maximum atomic E-state index is 5.23. The average Bonchev–Trinajstić information content (AvgIpc) is 3.53. The predicted molar refractivity (Wildman–Crippen MR) is 206 cm³/mol. The number of benzene rings is 7. The summed E-state index contributed by atoms with van der Waals surface area (Å²) < 4.78 is 2.46. The fourth-order valence-corrected chi connectivity index (χ4v) is 7.76. The molecule has 0 radical (unpaired) electrons. The predicted octanol–water partition coefficient (Wildman–Crippen LogP) is 12.1. The smallest absolute Gasteiger partial charge is 0.161 e. The van der Waals surface area contributed by atoms with Crippen LogP contribution in [0.25, 0.3) is 88.0 Å². The van der Waals surface area contributed by atoms with E-state index in [2.05, 4.69) is 162 Å². The molecule has 0 atom stereocenters. The lowest BCUT2D eigenvalue weighted by atomic mass is 9.99. The number of allylic oxidation sites excluding steroid dienone is 4. The lowest BCUT2D eigenvalue weighted by molar-refractivity contribution is 1.03. The minimum Gasteiger partial charge on any atom is -0.309 e. The van der Waals surface area contributed by atoms with E-state index in [4.69, 9.17) is 9.97 Å². The van der Waals surface area contributed by atoms with Crippen molar-refractivity contribution >= 4 is 59.7 Å². The highest BCUT2D eigenvalue weighted by Crippen LogP contribution is 2.42. The maximum absolute atomic E-state index is 5.23. The normalized spacial score (nSPS) is 13.2. The molecular weight excluding hydrogens is 595 g/mol. The molecule has 230 valence electrons. The van der Waals surface area contributed by atoms with Crippen LogP contribution >= 0.6 is 0 Å². The van der Waals surface area contributed by atoms with Gasteiger partial charge in [0.05, 0.1) is 28.1 Å². The van der Waals surface area contributed by atoms with Crippen LogP contribution in [0.4, 0.5) is 0 Å². The molecule has 0 N–H and O–H groups in total. The van der Waals surface area contributed by atoms with Crippen LogP contribution in [-0.2, 0) is 0 Å². The monoisotopic (exact) mass is 625 g/mol. The van der Waals surface area contributed by atoms with Gasteiger partial charge in [0.2, 0.25) is 0 Å². The van der Waals surface area contributed by atoms with Gasteiger partial charge in [0, 0.05) is 27.3 Å². The molecule has 1 aliphatic carbocycles. The molecule has 0 unspecified atom stereocenters. The van der Waals surface area contributed by atoms with Gasteiger partial charge in [-0.25, -0.2) is 9.97 Å². The minimum atomic E-state index is 0.734. The van der Waals surface area contributed by atoms with Crippen LogP contribution in [0.5, 0.6) is 0 Å². The molecule has 9 aromatic rings. The molecule has 0 spiro atoms. The molecular formula is C46H31N3. The molecule has 0 bridgehead atoms. The standard InChI is InChI=1S/C46H31N3/c1-3-15-32(16-4-1)39-29-40(33-17-5-2-6-18-33)48-46(47-39)38-25-28-41(37-22-12-11-21-36(37)38)49-42-26-23-30-13-7-9-19-34(30)44(42)45-35-20-10-8-14-31(35)24-27-43(45)49/h1,3-5,7-29H,2,6H2. The van der Waals surface area contributed by atoms with Crippen molar-refractivity contribution in [3.63, 3.8) is 0 Å². The second kappa shape index (κ2) is 11.1. The highest BCUT2D eigenvalue weighted by atomic mass is 15.0. The summed E-state index contributed by atoms with van der Waals surface area (Å²) in [6, 6.07) is 52.3. The van der Waals surface area contributed by atoms with Crippen molar-refractivity contribution in [1.29, 1.82) is 0 Å². The van der Waals surface area contributed by atoms with Gasteiger partial charge in [-0.15, -0.1) is 0 Å². The van der Waals surface area contributed by atoms with E-state index in [1.807, 2.05) is 6.07 Å². The van der Waals surface area contributed by atoms with Crippen molar-refractivity contribution in [3.05, 3.63) is 170 Å². The summed E-state index contributed by atoms with van der Waals surface area (Å²) in [6.45, 7) is 0. The number of aromatic nitrogens is 3. The molecule has 49 heavy (non-hydrogen) atoms. The molecule has 0 fully saturated rings. The van der Waals surface area contributed by atoms with Crippen LogP contribution in [0.2, 0.25) is 0 Å². The van der Waals surface area contributed by atoms with E-state index in [1.165, 1.54) is 43.4 Å². The van der Waals surface area contributed by atoms with Crippen molar-refractivity contribution in [2.24, 2.45) is 0 Å². The molecule has 3 heteroatoms. The van der Waals surface area contributed by atoms with Crippen LogP contribution < -0.4 is 0 Å². The molecule has 2 heterocycles. The third-order valence-electron chi connectivity index (χ3n) is 10.0. The first-order valence-corrected chi connectivity index (χ1v) is 17.0. The third kappa shape index (κ3) is 4.43. The summed E-state index contributed by atoms with van der Waals surface area (Å²) >= 11 is 0. The fraction of sp³-hybridized carbons (Fsp3) is 0.0435. The second-order valence-electron chi connectivity index (χ2n) is 12.8. The zero-order chi connectivity index (χ0) is 32.3. The Balaban J connectivity index is 1.26. The first kappa shape index (κ1) is 27.8. The Morgan fingerprint density at radius 2 is 1.10 bits per heavy atom. The Labute approximate surface area is 284 Å². The minimum absolute atomic E-state index is 0.734. The van der Waals surface area contributed by atoms with E-state index in [0.717, 1.165) is 63.2 Å². The van der Waals surface area contributed by atoms with Gasteiger partial charge in [-0.05, 0) is 75.7 Å². The Hall–Kier alpha value is -6.32. The van der Waals surface area contributed by atoms with E-state index >= 15 is 0 Å². The van der Waals surface area contributed by atoms with E-state index in [1.54, 1.807) is 0 Å². The van der Waals surface area contributed by atoms with Crippen molar-refractivity contribution in [1.82, 2.24) is 14.5 Å². The fourth-order valence-electron chi connectivity index (χ4n) is 7.76. The highest BCUT2D eigenvalue weighted by Gasteiger charge is 2.20. The Morgan fingerprint density at radius 3 is 1.78 bits per heavy atom. The van der Waals surface area contributed by atoms with Crippen LogP contribution in [0.3, 0.4) is 0 Å². The van der Waals surface area contributed by atoms with Gasteiger partial charge in [0.25, 0.3) is 0 Å². The summed E-state index contributed by atoms with van der Waals surface area (Å²) in [6.07, 6.45) is 8.81. The number of fused-ring (bicyclic) bond motifs is 8. The molecule has 0 amide bonds. The Kier molecular flexibility index (Phi) is 6.31. The molecule has 3 nitrogen and oxygen atoms in total. The third-order valence-corrected chi connectivity index (χ3v) is 10.0.